The van der Waals surface area contributed by atoms with E-state index in [0.717, 1.165) is 25.2 Å². The van der Waals surface area contributed by atoms with Gasteiger partial charge in [0.25, 0.3) is 0 Å². The molecule has 11 heavy (non-hydrogen) atoms. The first-order valence-electron chi connectivity index (χ1n) is 4.58. The van der Waals surface area contributed by atoms with Gasteiger partial charge in [-0.05, 0) is 12.3 Å². The van der Waals surface area contributed by atoms with Gasteiger partial charge in [0.2, 0.25) is 0 Å². The van der Waals surface area contributed by atoms with Crippen molar-refractivity contribution < 1.29 is 0 Å². The molecular weight excluding hydrogens is 132 g/mol. The molecule has 1 radical (unpaired) electrons. The number of hydrogen-bond acceptors (Lipinski definition) is 0. The molecule has 0 bridgehead atoms. The quantitative estimate of drug-likeness (QED) is 0.426. The summed E-state index contributed by atoms with van der Waals surface area (Å²) >= 11 is 0. The molecule has 0 fully saturated rings. The first-order chi connectivity index (χ1) is 5.31. The molecule has 0 nitrogen and oxygen atoms in total. The predicted octanol–water partition coefficient (Wildman–Crippen LogP) is 3.43. The zero-order valence-electron chi connectivity index (χ0n) is 7.98. The molecule has 0 N–H and O–H groups in total. The highest BCUT2D eigenvalue weighted by molar-refractivity contribution is 5.02. The molecule has 63 valence electrons. The standard InChI is InChI=1S/C11H19/c1-4-6-7-8-9-10-11(3)5-2/h6,11H,4-5,7,10H2,1-3H3. The molecule has 0 amide bonds. The molecule has 0 rings (SSSR count). The average Bonchev–Trinajstić information content (AvgIpc) is 2.04. The van der Waals surface area contributed by atoms with Crippen molar-refractivity contribution in [2.45, 2.75) is 46.5 Å². The third-order valence-electron chi connectivity index (χ3n) is 1.81. The van der Waals surface area contributed by atoms with E-state index in [4.69, 9.17) is 0 Å². The van der Waals surface area contributed by atoms with Gasteiger partial charge in [-0.25, -0.2) is 0 Å². The summed E-state index contributed by atoms with van der Waals surface area (Å²) in [6.07, 6.45) is 6.62. The van der Waals surface area contributed by atoms with Gasteiger partial charge in [0, 0.05) is 12.8 Å². The highest BCUT2D eigenvalue weighted by Gasteiger charge is 1.92. The minimum atomic E-state index is 0.768. The Morgan fingerprint density at radius 1 is 1.27 bits per heavy atom. The number of rotatable bonds is 4. The Kier molecular flexibility index (Phi) is 7.36. The van der Waals surface area contributed by atoms with E-state index in [1.54, 1.807) is 0 Å². The lowest BCUT2D eigenvalue weighted by molar-refractivity contribution is 0.580. The lowest BCUT2D eigenvalue weighted by Crippen LogP contribution is -1.87. The van der Waals surface area contributed by atoms with E-state index in [-0.39, 0.29) is 0 Å². The van der Waals surface area contributed by atoms with E-state index < -0.39 is 0 Å². The van der Waals surface area contributed by atoms with Crippen LogP contribution in [0.5, 0.6) is 0 Å². The average molecular weight is 151 g/mol. The molecule has 0 saturated heterocycles. The van der Waals surface area contributed by atoms with Gasteiger partial charge in [0.1, 0.15) is 0 Å². The van der Waals surface area contributed by atoms with Gasteiger partial charge in [-0.2, -0.15) is 0 Å². The summed E-state index contributed by atoms with van der Waals surface area (Å²) in [5.74, 6) is 7.10. The molecule has 0 heterocycles. The molecule has 0 aliphatic heterocycles. The highest BCUT2D eigenvalue weighted by Crippen LogP contribution is 2.04. The predicted molar refractivity (Wildman–Crippen MR) is 51.1 cm³/mol. The maximum atomic E-state index is 3.19. The van der Waals surface area contributed by atoms with E-state index >= 15 is 0 Å². The second-order valence-corrected chi connectivity index (χ2v) is 2.97. The Morgan fingerprint density at radius 3 is 2.55 bits per heavy atom. The topological polar surface area (TPSA) is 0 Å². The summed E-state index contributed by atoms with van der Waals surface area (Å²) in [7, 11) is 0. The summed E-state index contributed by atoms with van der Waals surface area (Å²) in [5, 5.41) is 0. The molecule has 0 aromatic heterocycles. The fourth-order valence-corrected chi connectivity index (χ4v) is 0.679. The molecule has 0 spiro atoms. The van der Waals surface area contributed by atoms with Gasteiger partial charge in [0.05, 0.1) is 0 Å². The van der Waals surface area contributed by atoms with Crippen LogP contribution >= 0.6 is 0 Å². The van der Waals surface area contributed by atoms with E-state index in [2.05, 4.69) is 39.0 Å². The van der Waals surface area contributed by atoms with Crippen molar-refractivity contribution in [1.29, 1.82) is 0 Å². The molecule has 0 saturated carbocycles. The molecular formula is C11H19. The van der Waals surface area contributed by atoms with Gasteiger partial charge < -0.3 is 0 Å². The summed E-state index contributed by atoms with van der Waals surface area (Å²) < 4.78 is 0. The molecule has 0 aromatic rings. The number of hydrogen-bond donors (Lipinski definition) is 0. The lowest BCUT2D eigenvalue weighted by atomic mass is 10.1. The zero-order chi connectivity index (χ0) is 8.53. The maximum Gasteiger partial charge on any atom is 0.0120 e. The Hall–Kier alpha value is -0.440. The Labute approximate surface area is 71.4 Å². The zero-order valence-corrected chi connectivity index (χ0v) is 7.98. The van der Waals surface area contributed by atoms with Crippen LogP contribution in [0.1, 0.15) is 46.5 Å². The van der Waals surface area contributed by atoms with Crippen molar-refractivity contribution in [2.75, 3.05) is 0 Å². The molecule has 0 aliphatic rings. The SMILES string of the molecule is CC[CH]CC#CCC(C)CC. The van der Waals surface area contributed by atoms with Crippen LogP contribution in [0.25, 0.3) is 0 Å². The van der Waals surface area contributed by atoms with Crippen molar-refractivity contribution in [3.63, 3.8) is 0 Å². The highest BCUT2D eigenvalue weighted by atomic mass is 14.0. The fraction of sp³-hybridized carbons (Fsp3) is 0.727. The first-order valence-corrected chi connectivity index (χ1v) is 4.58. The van der Waals surface area contributed by atoms with Crippen LogP contribution in [0.2, 0.25) is 0 Å². The summed E-state index contributed by atoms with van der Waals surface area (Å²) in [6.45, 7) is 6.61. The Bertz CT molecular complexity index is 125. The molecule has 0 aliphatic carbocycles. The largest absolute Gasteiger partial charge is 0.103 e. The van der Waals surface area contributed by atoms with Crippen molar-refractivity contribution in [3.8, 4) is 11.8 Å². The van der Waals surface area contributed by atoms with E-state index in [1.165, 1.54) is 6.42 Å². The minimum absolute atomic E-state index is 0.768. The van der Waals surface area contributed by atoms with Crippen LogP contribution in [0, 0.1) is 24.2 Å². The second-order valence-electron chi connectivity index (χ2n) is 2.97. The van der Waals surface area contributed by atoms with E-state index in [9.17, 15) is 0 Å². The normalized spacial score (nSPS) is 11.9. The van der Waals surface area contributed by atoms with Crippen LogP contribution in [0.4, 0.5) is 0 Å². The van der Waals surface area contributed by atoms with E-state index in [0.29, 0.717) is 0 Å². The van der Waals surface area contributed by atoms with Gasteiger partial charge >= 0.3 is 0 Å². The van der Waals surface area contributed by atoms with Crippen LogP contribution in [0.3, 0.4) is 0 Å². The smallest absolute Gasteiger partial charge is 0.0120 e. The van der Waals surface area contributed by atoms with Gasteiger partial charge in [0.15, 0.2) is 0 Å². The third kappa shape index (κ3) is 7.46. The summed E-state index contributed by atoms with van der Waals surface area (Å²) in [6, 6.07) is 0. The molecule has 1 unspecified atom stereocenters. The lowest BCUT2D eigenvalue weighted by Gasteiger charge is -1.99. The van der Waals surface area contributed by atoms with Crippen molar-refractivity contribution in [1.82, 2.24) is 0 Å². The summed E-state index contributed by atoms with van der Waals surface area (Å²) in [4.78, 5) is 0. The van der Waals surface area contributed by atoms with Crippen LogP contribution in [-0.4, -0.2) is 0 Å². The fourth-order valence-electron chi connectivity index (χ4n) is 0.679. The monoisotopic (exact) mass is 151 g/mol. The van der Waals surface area contributed by atoms with Crippen molar-refractivity contribution >= 4 is 0 Å². The van der Waals surface area contributed by atoms with E-state index in [1.807, 2.05) is 0 Å². The summed E-state index contributed by atoms with van der Waals surface area (Å²) in [5.41, 5.74) is 0. The number of unbranched alkanes of at least 4 members (excludes halogenated alkanes) is 2. The first kappa shape index (κ1) is 10.6. The van der Waals surface area contributed by atoms with Gasteiger partial charge in [-0.15, -0.1) is 11.8 Å². The molecule has 1 atom stereocenters. The Morgan fingerprint density at radius 2 is 2.00 bits per heavy atom. The maximum absolute atomic E-state index is 3.19. The second kappa shape index (κ2) is 7.66. The van der Waals surface area contributed by atoms with Gasteiger partial charge in [-0.3, -0.25) is 0 Å². The Balaban J connectivity index is 3.24. The van der Waals surface area contributed by atoms with Crippen molar-refractivity contribution in [2.24, 2.45) is 5.92 Å². The molecule has 0 aromatic carbocycles. The molecule has 0 heteroatoms. The van der Waals surface area contributed by atoms with Crippen LogP contribution in [-0.2, 0) is 0 Å². The van der Waals surface area contributed by atoms with Crippen LogP contribution in [0.15, 0.2) is 0 Å². The minimum Gasteiger partial charge on any atom is -0.103 e. The van der Waals surface area contributed by atoms with Crippen molar-refractivity contribution in [3.05, 3.63) is 6.42 Å². The third-order valence-corrected chi connectivity index (χ3v) is 1.81. The van der Waals surface area contributed by atoms with Crippen LogP contribution < -0.4 is 0 Å². The van der Waals surface area contributed by atoms with Gasteiger partial charge in [-0.1, -0.05) is 33.6 Å².